The average Bonchev–Trinajstić information content (AvgIpc) is 2.47. The molecule has 2 N–H and O–H groups in total. The molecule has 5 heteroatoms. The van der Waals surface area contributed by atoms with Crippen molar-refractivity contribution in [3.63, 3.8) is 0 Å². The van der Waals surface area contributed by atoms with E-state index in [9.17, 15) is 4.79 Å². The van der Waals surface area contributed by atoms with E-state index in [0.29, 0.717) is 10.6 Å². The normalized spacial score (nSPS) is 13.2. The molecule has 0 atom stereocenters. The number of anilines is 2. The lowest BCUT2D eigenvalue weighted by atomic mass is 10.0. The fourth-order valence-electron chi connectivity index (χ4n) is 2.42. The van der Waals surface area contributed by atoms with E-state index >= 15 is 0 Å². The van der Waals surface area contributed by atoms with Gasteiger partial charge in [-0.25, -0.2) is 0 Å². The summed E-state index contributed by atoms with van der Waals surface area (Å²) in [4.78, 5) is 12.3. The molecule has 1 amide bonds. The molecule has 0 aromatic heterocycles. The van der Waals surface area contributed by atoms with Gasteiger partial charge in [0.1, 0.15) is 0 Å². The zero-order valence-corrected chi connectivity index (χ0v) is 13.6. The highest BCUT2D eigenvalue weighted by molar-refractivity contribution is 9.10. The van der Waals surface area contributed by atoms with Crippen LogP contribution >= 0.6 is 27.5 Å². The highest BCUT2D eigenvalue weighted by atomic mass is 79.9. The van der Waals surface area contributed by atoms with Crippen molar-refractivity contribution in [1.82, 2.24) is 0 Å². The van der Waals surface area contributed by atoms with Crippen molar-refractivity contribution >= 4 is 44.8 Å². The second-order valence-corrected chi connectivity index (χ2v) is 6.30. The van der Waals surface area contributed by atoms with Crippen LogP contribution in [-0.4, -0.2) is 12.5 Å². The van der Waals surface area contributed by atoms with Crippen LogP contribution in [-0.2, 0) is 6.42 Å². The number of benzene rings is 2. The zero-order chi connectivity index (χ0) is 14.8. The summed E-state index contributed by atoms with van der Waals surface area (Å²) in [6, 6.07) is 11.2. The molecule has 0 saturated carbocycles. The summed E-state index contributed by atoms with van der Waals surface area (Å²) in [5, 5.41) is 6.69. The van der Waals surface area contributed by atoms with Gasteiger partial charge in [-0.05, 0) is 54.8 Å². The molecule has 1 heterocycles. The number of carbonyl (C=O) groups excluding carboxylic acids is 1. The Labute approximate surface area is 136 Å². The first-order valence-corrected chi connectivity index (χ1v) is 7.94. The van der Waals surface area contributed by atoms with E-state index in [1.165, 1.54) is 5.56 Å². The van der Waals surface area contributed by atoms with Crippen LogP contribution in [0.4, 0.5) is 11.4 Å². The molecule has 0 bridgehead atoms. The van der Waals surface area contributed by atoms with Gasteiger partial charge in [0.25, 0.3) is 5.91 Å². The van der Waals surface area contributed by atoms with Crippen molar-refractivity contribution in [2.45, 2.75) is 12.8 Å². The highest BCUT2D eigenvalue weighted by Gasteiger charge is 2.13. The summed E-state index contributed by atoms with van der Waals surface area (Å²) in [6.07, 6.45) is 2.15. The third-order valence-corrected chi connectivity index (χ3v) is 4.28. The lowest BCUT2D eigenvalue weighted by Gasteiger charge is -2.19. The fourth-order valence-corrected chi connectivity index (χ4v) is 3.18. The van der Waals surface area contributed by atoms with Crippen LogP contribution in [0.25, 0.3) is 0 Å². The molecule has 0 saturated heterocycles. The van der Waals surface area contributed by atoms with Gasteiger partial charge in [-0.15, -0.1) is 0 Å². The van der Waals surface area contributed by atoms with Crippen molar-refractivity contribution in [3.05, 3.63) is 57.0 Å². The number of amides is 1. The Morgan fingerprint density at radius 3 is 2.90 bits per heavy atom. The molecule has 0 fully saturated rings. The van der Waals surface area contributed by atoms with E-state index in [4.69, 9.17) is 11.6 Å². The van der Waals surface area contributed by atoms with Crippen molar-refractivity contribution in [2.24, 2.45) is 0 Å². The molecule has 0 radical (unpaired) electrons. The first kappa shape index (κ1) is 14.4. The third-order valence-electron chi connectivity index (χ3n) is 3.48. The Kier molecular flexibility index (Phi) is 4.17. The monoisotopic (exact) mass is 364 g/mol. The van der Waals surface area contributed by atoms with Gasteiger partial charge in [0.05, 0.1) is 10.6 Å². The van der Waals surface area contributed by atoms with Crippen LogP contribution < -0.4 is 10.6 Å². The van der Waals surface area contributed by atoms with Crippen molar-refractivity contribution in [2.75, 3.05) is 17.2 Å². The summed E-state index contributed by atoms with van der Waals surface area (Å²) in [6.45, 7) is 1.01. The summed E-state index contributed by atoms with van der Waals surface area (Å²) in [7, 11) is 0. The van der Waals surface area contributed by atoms with E-state index in [-0.39, 0.29) is 5.91 Å². The minimum Gasteiger partial charge on any atom is -0.385 e. The average molecular weight is 366 g/mol. The third kappa shape index (κ3) is 3.22. The maximum absolute atomic E-state index is 12.3. The molecular weight excluding hydrogens is 352 g/mol. The van der Waals surface area contributed by atoms with Crippen LogP contribution in [0.15, 0.2) is 40.9 Å². The molecule has 1 aliphatic heterocycles. The van der Waals surface area contributed by atoms with Crippen LogP contribution in [0.3, 0.4) is 0 Å². The summed E-state index contributed by atoms with van der Waals surface area (Å²) < 4.78 is 0.851. The number of carbonyl (C=O) groups is 1. The zero-order valence-electron chi connectivity index (χ0n) is 11.2. The second kappa shape index (κ2) is 6.08. The maximum Gasteiger partial charge on any atom is 0.257 e. The van der Waals surface area contributed by atoms with Crippen LogP contribution in [0.2, 0.25) is 5.02 Å². The molecule has 2 aromatic carbocycles. The smallest absolute Gasteiger partial charge is 0.257 e. The Hall–Kier alpha value is -1.52. The fraction of sp³-hybridized carbons (Fsp3) is 0.188. The van der Waals surface area contributed by atoms with Crippen molar-refractivity contribution in [3.8, 4) is 0 Å². The molecule has 21 heavy (non-hydrogen) atoms. The Morgan fingerprint density at radius 1 is 1.24 bits per heavy atom. The summed E-state index contributed by atoms with van der Waals surface area (Å²) in [5.74, 6) is -0.198. The van der Waals surface area contributed by atoms with Crippen molar-refractivity contribution in [1.29, 1.82) is 0 Å². The molecule has 3 rings (SSSR count). The standard InChI is InChI=1S/C16H14BrClN2O/c17-11-3-5-13(14(18)9-11)16(21)20-12-4-6-15-10(8-12)2-1-7-19-15/h3-6,8-9,19H,1-2,7H2,(H,20,21). The van der Waals surface area contributed by atoms with Gasteiger partial charge in [0.2, 0.25) is 0 Å². The number of halogens is 2. The Bertz CT molecular complexity index is 703. The minimum absolute atomic E-state index is 0.198. The largest absolute Gasteiger partial charge is 0.385 e. The van der Waals surface area contributed by atoms with Crippen LogP contribution in [0.5, 0.6) is 0 Å². The number of rotatable bonds is 2. The van der Waals surface area contributed by atoms with Gasteiger partial charge >= 0.3 is 0 Å². The lowest BCUT2D eigenvalue weighted by molar-refractivity contribution is 0.102. The predicted molar refractivity (Wildman–Crippen MR) is 90.4 cm³/mol. The Morgan fingerprint density at radius 2 is 2.10 bits per heavy atom. The van der Waals surface area contributed by atoms with Gasteiger partial charge in [-0.3, -0.25) is 4.79 Å². The number of fused-ring (bicyclic) bond motifs is 1. The second-order valence-electron chi connectivity index (χ2n) is 4.98. The first-order valence-electron chi connectivity index (χ1n) is 6.77. The molecule has 0 unspecified atom stereocenters. The summed E-state index contributed by atoms with van der Waals surface area (Å²) in [5.41, 5.74) is 3.65. The SMILES string of the molecule is O=C(Nc1ccc2c(c1)CCCN2)c1ccc(Br)cc1Cl. The molecule has 3 nitrogen and oxygen atoms in total. The van der Waals surface area contributed by atoms with Gasteiger partial charge in [-0.2, -0.15) is 0 Å². The van der Waals surface area contributed by atoms with E-state index in [1.807, 2.05) is 18.2 Å². The van der Waals surface area contributed by atoms with Gasteiger partial charge in [0.15, 0.2) is 0 Å². The summed E-state index contributed by atoms with van der Waals surface area (Å²) >= 11 is 9.44. The minimum atomic E-state index is -0.198. The van der Waals surface area contributed by atoms with Gasteiger partial charge in [0, 0.05) is 22.4 Å². The van der Waals surface area contributed by atoms with E-state index < -0.39 is 0 Å². The predicted octanol–water partition coefficient (Wildman–Crippen LogP) is 4.71. The molecule has 1 aliphatic rings. The van der Waals surface area contributed by atoms with Gasteiger partial charge < -0.3 is 10.6 Å². The molecule has 2 aromatic rings. The number of hydrogen-bond donors (Lipinski definition) is 2. The van der Waals surface area contributed by atoms with E-state index in [0.717, 1.165) is 35.2 Å². The van der Waals surface area contributed by atoms with E-state index in [1.54, 1.807) is 18.2 Å². The number of aryl methyl sites for hydroxylation is 1. The quantitative estimate of drug-likeness (QED) is 0.809. The van der Waals surface area contributed by atoms with Gasteiger partial charge in [-0.1, -0.05) is 27.5 Å². The molecule has 0 aliphatic carbocycles. The topological polar surface area (TPSA) is 41.1 Å². The first-order chi connectivity index (χ1) is 10.1. The van der Waals surface area contributed by atoms with Crippen LogP contribution in [0.1, 0.15) is 22.3 Å². The maximum atomic E-state index is 12.3. The molecular formula is C16H14BrClN2O. The number of nitrogens with one attached hydrogen (secondary N) is 2. The number of hydrogen-bond acceptors (Lipinski definition) is 2. The van der Waals surface area contributed by atoms with Crippen molar-refractivity contribution < 1.29 is 4.79 Å². The lowest BCUT2D eigenvalue weighted by Crippen LogP contribution is -2.15. The molecule has 108 valence electrons. The molecule has 0 spiro atoms. The van der Waals surface area contributed by atoms with Crippen LogP contribution in [0, 0.1) is 0 Å². The highest BCUT2D eigenvalue weighted by Crippen LogP contribution is 2.26. The Balaban J connectivity index is 1.81. The van der Waals surface area contributed by atoms with E-state index in [2.05, 4.69) is 26.6 Å².